The van der Waals surface area contributed by atoms with Crippen LogP contribution in [0.25, 0.3) is 22.6 Å². The van der Waals surface area contributed by atoms with Gasteiger partial charge in [0.1, 0.15) is 0 Å². The molecule has 1 saturated heterocycles. The highest BCUT2D eigenvalue weighted by Crippen LogP contribution is 2.31. The molecule has 39 heavy (non-hydrogen) atoms. The average molecular weight is 607 g/mol. The van der Waals surface area contributed by atoms with E-state index in [0.29, 0.717) is 59.2 Å². The SMILES string of the molecule is Cc1nn(-c2ccccc2)nc1C(=O)N1CCC(COc2cc(-c3ccccc3Cl)nc3c(Br)cnn23)CC1. The smallest absolute Gasteiger partial charge is 0.276 e. The van der Waals surface area contributed by atoms with Gasteiger partial charge in [0.2, 0.25) is 5.88 Å². The molecule has 3 aromatic heterocycles. The number of hydrogen-bond donors (Lipinski definition) is 0. The van der Waals surface area contributed by atoms with E-state index in [1.165, 1.54) is 4.80 Å². The van der Waals surface area contributed by atoms with Gasteiger partial charge in [-0.25, -0.2) is 4.98 Å². The third-order valence-corrected chi connectivity index (χ3v) is 7.78. The lowest BCUT2D eigenvalue weighted by molar-refractivity contribution is 0.0651. The number of nitrogens with zero attached hydrogens (tertiary/aromatic N) is 7. The summed E-state index contributed by atoms with van der Waals surface area (Å²) in [5.74, 6) is 0.795. The van der Waals surface area contributed by atoms with E-state index in [1.54, 1.807) is 10.7 Å². The Morgan fingerprint density at radius 1 is 1.08 bits per heavy atom. The highest BCUT2D eigenvalue weighted by Gasteiger charge is 2.28. The highest BCUT2D eigenvalue weighted by molar-refractivity contribution is 9.10. The molecule has 0 saturated carbocycles. The van der Waals surface area contributed by atoms with Crippen molar-refractivity contribution in [3.05, 3.63) is 87.7 Å². The lowest BCUT2D eigenvalue weighted by atomic mass is 9.97. The minimum absolute atomic E-state index is 0.0873. The first-order valence-corrected chi connectivity index (χ1v) is 13.9. The molecule has 9 nitrogen and oxygen atoms in total. The van der Waals surface area contributed by atoms with Crippen molar-refractivity contribution >= 4 is 39.1 Å². The van der Waals surface area contributed by atoms with Gasteiger partial charge in [-0.15, -0.1) is 5.10 Å². The number of hydrogen-bond acceptors (Lipinski definition) is 6. The molecule has 0 unspecified atom stereocenters. The first-order valence-electron chi connectivity index (χ1n) is 12.7. The van der Waals surface area contributed by atoms with Crippen LogP contribution in [0.5, 0.6) is 5.88 Å². The van der Waals surface area contributed by atoms with Crippen LogP contribution in [-0.4, -0.2) is 60.1 Å². The van der Waals surface area contributed by atoms with Gasteiger partial charge in [-0.1, -0.05) is 48.0 Å². The first-order chi connectivity index (χ1) is 19.0. The van der Waals surface area contributed by atoms with Crippen LogP contribution < -0.4 is 4.74 Å². The number of para-hydroxylation sites is 1. The second kappa shape index (κ2) is 10.8. The summed E-state index contributed by atoms with van der Waals surface area (Å²) in [7, 11) is 0. The monoisotopic (exact) mass is 605 g/mol. The molecular formula is C28H25BrClN7O2. The van der Waals surface area contributed by atoms with Crippen LogP contribution >= 0.6 is 27.5 Å². The van der Waals surface area contributed by atoms with Crippen molar-refractivity contribution in [1.29, 1.82) is 0 Å². The summed E-state index contributed by atoms with van der Waals surface area (Å²) in [6, 6.07) is 19.1. The van der Waals surface area contributed by atoms with Gasteiger partial charge in [-0.3, -0.25) is 4.79 Å². The second-order valence-electron chi connectivity index (χ2n) is 9.49. The zero-order valence-corrected chi connectivity index (χ0v) is 23.5. The van der Waals surface area contributed by atoms with Crippen LogP contribution in [0.1, 0.15) is 29.0 Å². The molecule has 1 amide bonds. The minimum atomic E-state index is -0.0873. The summed E-state index contributed by atoms with van der Waals surface area (Å²) in [4.78, 5) is 21.4. The molecule has 6 rings (SSSR count). The summed E-state index contributed by atoms with van der Waals surface area (Å²) in [6.45, 7) is 3.59. The van der Waals surface area contributed by atoms with Crippen LogP contribution in [0, 0.1) is 12.8 Å². The summed E-state index contributed by atoms with van der Waals surface area (Å²) >= 11 is 9.97. The van der Waals surface area contributed by atoms with E-state index in [9.17, 15) is 4.79 Å². The van der Waals surface area contributed by atoms with E-state index in [-0.39, 0.29) is 5.91 Å². The lowest BCUT2D eigenvalue weighted by Crippen LogP contribution is -2.40. The number of fused-ring (bicyclic) bond motifs is 1. The number of benzene rings is 2. The summed E-state index contributed by atoms with van der Waals surface area (Å²) in [5, 5.41) is 14.0. The van der Waals surface area contributed by atoms with Crippen LogP contribution in [0.15, 0.2) is 71.3 Å². The van der Waals surface area contributed by atoms with Crippen LogP contribution in [-0.2, 0) is 0 Å². The molecule has 198 valence electrons. The molecule has 1 aliphatic heterocycles. The lowest BCUT2D eigenvalue weighted by Gasteiger charge is -2.31. The molecule has 0 bridgehead atoms. The van der Waals surface area contributed by atoms with Crippen molar-refractivity contribution in [2.24, 2.45) is 5.92 Å². The largest absolute Gasteiger partial charge is 0.477 e. The Morgan fingerprint density at radius 2 is 1.82 bits per heavy atom. The van der Waals surface area contributed by atoms with E-state index < -0.39 is 0 Å². The van der Waals surface area contributed by atoms with E-state index >= 15 is 0 Å². The molecule has 11 heteroatoms. The minimum Gasteiger partial charge on any atom is -0.477 e. The van der Waals surface area contributed by atoms with Gasteiger partial charge in [0, 0.05) is 29.7 Å². The zero-order chi connectivity index (χ0) is 26.9. The fourth-order valence-electron chi connectivity index (χ4n) is 4.73. The second-order valence-corrected chi connectivity index (χ2v) is 10.8. The predicted molar refractivity (Wildman–Crippen MR) is 151 cm³/mol. The molecule has 0 spiro atoms. The Kier molecular flexibility index (Phi) is 7.05. The molecule has 1 aliphatic rings. The molecule has 5 aromatic rings. The maximum atomic E-state index is 13.2. The third-order valence-electron chi connectivity index (χ3n) is 6.89. The topological polar surface area (TPSA) is 90.4 Å². The molecule has 0 atom stereocenters. The normalized spacial score (nSPS) is 14.2. The molecule has 4 heterocycles. The Morgan fingerprint density at radius 3 is 2.59 bits per heavy atom. The van der Waals surface area contributed by atoms with Crippen LogP contribution in [0.3, 0.4) is 0 Å². The van der Waals surface area contributed by atoms with Crippen molar-refractivity contribution in [2.75, 3.05) is 19.7 Å². The maximum absolute atomic E-state index is 13.2. The van der Waals surface area contributed by atoms with Crippen molar-refractivity contribution < 1.29 is 9.53 Å². The summed E-state index contributed by atoms with van der Waals surface area (Å²) in [6.07, 6.45) is 3.35. The Balaban J connectivity index is 1.13. The average Bonchev–Trinajstić information content (AvgIpc) is 3.55. The van der Waals surface area contributed by atoms with Crippen LogP contribution in [0.4, 0.5) is 0 Å². The molecular weight excluding hydrogens is 582 g/mol. The summed E-state index contributed by atoms with van der Waals surface area (Å²) in [5.41, 5.74) is 4.03. The number of halogens is 2. The third kappa shape index (κ3) is 5.14. The quantitative estimate of drug-likeness (QED) is 0.249. The highest BCUT2D eigenvalue weighted by atomic mass is 79.9. The number of carbonyl (C=O) groups is 1. The fourth-order valence-corrected chi connectivity index (χ4v) is 5.31. The van der Waals surface area contributed by atoms with E-state index in [1.807, 2.05) is 72.5 Å². The number of aromatic nitrogens is 6. The van der Waals surface area contributed by atoms with Crippen molar-refractivity contribution in [3.63, 3.8) is 0 Å². The van der Waals surface area contributed by atoms with Gasteiger partial charge < -0.3 is 9.64 Å². The fraction of sp³-hybridized carbons (Fsp3) is 0.250. The maximum Gasteiger partial charge on any atom is 0.276 e. The van der Waals surface area contributed by atoms with E-state index in [2.05, 4.69) is 31.2 Å². The van der Waals surface area contributed by atoms with Gasteiger partial charge in [0.15, 0.2) is 11.3 Å². The standard InChI is InChI=1S/C28H25BrClN7O2/c1-18-26(34-37(33-18)20-7-3-2-4-8-20)28(38)35-13-11-19(12-14-35)17-39-25-15-24(21-9-5-6-10-23(21)30)32-27-22(29)16-31-36(25)27/h2-10,15-16,19H,11-14,17H2,1H3. The Bertz CT molecular complexity index is 1640. The number of amides is 1. The number of rotatable bonds is 6. The van der Waals surface area contributed by atoms with E-state index in [0.717, 1.165) is 28.6 Å². The van der Waals surface area contributed by atoms with E-state index in [4.69, 9.17) is 21.3 Å². The predicted octanol–water partition coefficient (Wildman–Crippen LogP) is 5.63. The number of carbonyl (C=O) groups excluding carboxylic acids is 1. The van der Waals surface area contributed by atoms with Gasteiger partial charge >= 0.3 is 0 Å². The molecule has 2 aromatic carbocycles. The molecule has 1 fully saturated rings. The number of likely N-dealkylation sites (tertiary alicyclic amines) is 1. The molecule has 0 aliphatic carbocycles. The Labute approximate surface area is 238 Å². The number of aryl methyl sites for hydroxylation is 1. The van der Waals surface area contributed by atoms with Crippen molar-refractivity contribution in [1.82, 2.24) is 34.5 Å². The van der Waals surface area contributed by atoms with Crippen LogP contribution in [0.2, 0.25) is 5.02 Å². The number of ether oxygens (including phenoxy) is 1. The van der Waals surface area contributed by atoms with Gasteiger partial charge in [-0.05, 0) is 59.8 Å². The van der Waals surface area contributed by atoms with Crippen molar-refractivity contribution in [2.45, 2.75) is 19.8 Å². The molecule has 0 radical (unpaired) electrons. The van der Waals surface area contributed by atoms with Gasteiger partial charge in [0.05, 0.1) is 34.4 Å². The number of piperidine rings is 1. The van der Waals surface area contributed by atoms with Crippen molar-refractivity contribution in [3.8, 4) is 22.8 Å². The molecule has 0 N–H and O–H groups in total. The van der Waals surface area contributed by atoms with Gasteiger partial charge in [-0.2, -0.15) is 19.5 Å². The summed E-state index contributed by atoms with van der Waals surface area (Å²) < 4.78 is 8.75. The first kappa shape index (κ1) is 25.5. The Hall–Kier alpha value is -3.76. The van der Waals surface area contributed by atoms with Gasteiger partial charge in [0.25, 0.3) is 5.91 Å². The zero-order valence-electron chi connectivity index (χ0n) is 21.2.